The van der Waals surface area contributed by atoms with Crippen LogP contribution < -0.4 is 10.0 Å². The summed E-state index contributed by atoms with van der Waals surface area (Å²) in [6, 6.07) is 5.11. The molecule has 31 heavy (non-hydrogen) atoms. The molecule has 1 aliphatic rings. The van der Waals surface area contributed by atoms with Crippen LogP contribution in [0.2, 0.25) is 0 Å². The van der Waals surface area contributed by atoms with Crippen LogP contribution in [0.15, 0.2) is 18.2 Å². The Morgan fingerprint density at radius 2 is 1.52 bits per heavy atom. The Morgan fingerprint density at radius 1 is 1.00 bits per heavy atom. The monoisotopic (exact) mass is 451 g/mol. The summed E-state index contributed by atoms with van der Waals surface area (Å²) in [6.45, 7) is 12.9. The van der Waals surface area contributed by atoms with E-state index in [1.54, 1.807) is 4.90 Å². The van der Waals surface area contributed by atoms with Gasteiger partial charge in [0, 0.05) is 25.2 Å². The number of likely N-dealkylation sites (tertiary alicyclic amines) is 1. The molecule has 0 bridgehead atoms. The number of carbonyl (C=O) groups excluding carboxylic acids is 2. The van der Waals surface area contributed by atoms with Gasteiger partial charge >= 0.3 is 6.03 Å². The molecule has 1 aromatic rings. The standard InChI is InChI=1S/C23H37N3O4S/c1-15(2)14-21(27)26-12-10-18(11-13-26)31(29,30)25-23(28)24-22-19(16(3)4)8-7-9-20(22)17(5)6/h7-9,15-18H,10-14H2,1-6H3,(H2,24,25,28). The van der Waals surface area contributed by atoms with Gasteiger partial charge in [0.05, 0.1) is 5.25 Å². The van der Waals surface area contributed by atoms with Gasteiger partial charge in [-0.3, -0.25) is 4.79 Å². The first kappa shape index (κ1) is 25.2. The fourth-order valence-electron chi connectivity index (χ4n) is 3.94. The molecule has 7 nitrogen and oxygen atoms in total. The van der Waals surface area contributed by atoms with E-state index in [0.717, 1.165) is 11.1 Å². The van der Waals surface area contributed by atoms with Crippen molar-refractivity contribution in [1.82, 2.24) is 9.62 Å². The maximum absolute atomic E-state index is 12.8. The Hall–Kier alpha value is -2.09. The third-order valence-electron chi connectivity index (χ3n) is 5.66. The van der Waals surface area contributed by atoms with Crippen LogP contribution in [0.25, 0.3) is 0 Å². The predicted molar refractivity (Wildman–Crippen MR) is 125 cm³/mol. The van der Waals surface area contributed by atoms with Crippen LogP contribution in [0.5, 0.6) is 0 Å². The van der Waals surface area contributed by atoms with Crippen LogP contribution in [-0.4, -0.2) is 43.6 Å². The van der Waals surface area contributed by atoms with Gasteiger partial charge in [0.1, 0.15) is 0 Å². The molecule has 8 heteroatoms. The number of benzene rings is 1. The number of nitrogens with one attached hydrogen (secondary N) is 2. The molecule has 174 valence electrons. The van der Waals surface area contributed by atoms with Crippen molar-refractivity contribution in [2.24, 2.45) is 5.92 Å². The summed E-state index contributed by atoms with van der Waals surface area (Å²) in [6.07, 6.45) is 1.12. The summed E-state index contributed by atoms with van der Waals surface area (Å²) in [4.78, 5) is 26.6. The summed E-state index contributed by atoms with van der Waals surface area (Å²) in [5, 5.41) is 2.10. The highest BCUT2D eigenvalue weighted by atomic mass is 32.2. The number of anilines is 1. The number of para-hydroxylation sites is 1. The number of sulfonamides is 1. The van der Waals surface area contributed by atoms with Crippen molar-refractivity contribution in [2.45, 2.75) is 77.9 Å². The number of urea groups is 1. The first-order valence-electron chi connectivity index (χ1n) is 11.2. The molecule has 0 unspecified atom stereocenters. The highest BCUT2D eigenvalue weighted by molar-refractivity contribution is 7.90. The zero-order valence-corrected chi connectivity index (χ0v) is 20.4. The lowest BCUT2D eigenvalue weighted by Gasteiger charge is -2.32. The third kappa shape index (κ3) is 6.69. The van der Waals surface area contributed by atoms with Gasteiger partial charge in [-0.15, -0.1) is 0 Å². The van der Waals surface area contributed by atoms with Gasteiger partial charge in [0.2, 0.25) is 15.9 Å². The minimum atomic E-state index is -3.84. The van der Waals surface area contributed by atoms with Crippen LogP contribution in [0.4, 0.5) is 10.5 Å². The summed E-state index contributed by atoms with van der Waals surface area (Å²) in [5.41, 5.74) is 2.61. The van der Waals surface area contributed by atoms with Gasteiger partial charge in [0.15, 0.2) is 0 Å². The summed E-state index contributed by atoms with van der Waals surface area (Å²) in [5.74, 6) is 0.684. The molecule has 2 N–H and O–H groups in total. The number of carbonyl (C=O) groups is 2. The molecule has 0 saturated carbocycles. The Bertz CT molecular complexity index is 860. The second kappa shape index (κ2) is 10.5. The van der Waals surface area contributed by atoms with Crippen molar-refractivity contribution in [3.05, 3.63) is 29.3 Å². The molecule has 0 aliphatic carbocycles. The molecule has 0 aromatic heterocycles. The van der Waals surface area contributed by atoms with Crippen LogP contribution in [-0.2, 0) is 14.8 Å². The van der Waals surface area contributed by atoms with Crippen molar-refractivity contribution in [3.63, 3.8) is 0 Å². The normalized spacial score (nSPS) is 15.6. The largest absolute Gasteiger partial charge is 0.343 e. The molecule has 1 saturated heterocycles. The highest BCUT2D eigenvalue weighted by Gasteiger charge is 2.33. The summed E-state index contributed by atoms with van der Waals surface area (Å²) < 4.78 is 27.8. The van der Waals surface area contributed by atoms with Gasteiger partial charge in [-0.05, 0) is 41.7 Å². The second-order valence-corrected chi connectivity index (χ2v) is 11.4. The van der Waals surface area contributed by atoms with E-state index < -0.39 is 21.3 Å². The van der Waals surface area contributed by atoms with Gasteiger partial charge < -0.3 is 10.2 Å². The molecule has 1 aliphatic heterocycles. The fraction of sp³-hybridized carbons (Fsp3) is 0.652. The van der Waals surface area contributed by atoms with E-state index in [1.807, 2.05) is 59.7 Å². The van der Waals surface area contributed by atoms with E-state index in [0.29, 0.717) is 38.0 Å². The molecular formula is C23H37N3O4S. The molecule has 1 heterocycles. The van der Waals surface area contributed by atoms with Gasteiger partial charge in [-0.1, -0.05) is 59.7 Å². The highest BCUT2D eigenvalue weighted by Crippen LogP contribution is 2.32. The lowest BCUT2D eigenvalue weighted by Crippen LogP contribution is -2.47. The molecule has 1 fully saturated rings. The molecular weight excluding hydrogens is 414 g/mol. The number of rotatable bonds is 7. The van der Waals surface area contributed by atoms with E-state index in [1.165, 1.54) is 0 Å². The summed E-state index contributed by atoms with van der Waals surface area (Å²) in [7, 11) is -3.84. The maximum atomic E-state index is 12.8. The van der Waals surface area contributed by atoms with Gasteiger partial charge in [-0.2, -0.15) is 0 Å². The number of amides is 3. The first-order chi connectivity index (χ1) is 14.4. The Labute approximate surface area is 187 Å². The molecule has 0 atom stereocenters. The lowest BCUT2D eigenvalue weighted by atomic mass is 9.93. The van der Waals surface area contributed by atoms with E-state index in [9.17, 15) is 18.0 Å². The molecule has 0 radical (unpaired) electrons. The minimum Gasteiger partial charge on any atom is -0.343 e. The van der Waals surface area contributed by atoms with Crippen molar-refractivity contribution in [2.75, 3.05) is 18.4 Å². The van der Waals surface area contributed by atoms with Crippen molar-refractivity contribution in [1.29, 1.82) is 0 Å². The number of piperidine rings is 1. The Kier molecular flexibility index (Phi) is 8.51. The van der Waals surface area contributed by atoms with Crippen molar-refractivity contribution >= 4 is 27.6 Å². The summed E-state index contributed by atoms with van der Waals surface area (Å²) >= 11 is 0. The second-order valence-electron chi connectivity index (χ2n) is 9.40. The number of hydrogen-bond acceptors (Lipinski definition) is 4. The first-order valence-corrected chi connectivity index (χ1v) is 12.7. The topological polar surface area (TPSA) is 95.6 Å². The lowest BCUT2D eigenvalue weighted by molar-refractivity contribution is -0.132. The zero-order chi connectivity index (χ0) is 23.3. The molecule has 1 aromatic carbocycles. The van der Waals surface area contributed by atoms with E-state index in [4.69, 9.17) is 0 Å². The van der Waals surface area contributed by atoms with E-state index >= 15 is 0 Å². The fourth-order valence-corrected chi connectivity index (χ4v) is 5.25. The van der Waals surface area contributed by atoms with Crippen LogP contribution >= 0.6 is 0 Å². The van der Waals surface area contributed by atoms with Crippen molar-refractivity contribution in [3.8, 4) is 0 Å². The average Bonchev–Trinajstić information content (AvgIpc) is 2.66. The van der Waals surface area contributed by atoms with E-state index in [2.05, 4.69) is 10.0 Å². The van der Waals surface area contributed by atoms with Gasteiger partial charge in [-0.25, -0.2) is 17.9 Å². The maximum Gasteiger partial charge on any atom is 0.332 e. The van der Waals surface area contributed by atoms with E-state index in [-0.39, 0.29) is 23.7 Å². The molecule has 0 spiro atoms. The quantitative estimate of drug-likeness (QED) is 0.641. The minimum absolute atomic E-state index is 0.0584. The smallest absolute Gasteiger partial charge is 0.332 e. The third-order valence-corrected chi connectivity index (χ3v) is 7.48. The van der Waals surface area contributed by atoms with Crippen LogP contribution in [0, 0.1) is 5.92 Å². The van der Waals surface area contributed by atoms with Crippen LogP contribution in [0.1, 0.15) is 83.8 Å². The average molecular weight is 452 g/mol. The van der Waals surface area contributed by atoms with Gasteiger partial charge in [0.25, 0.3) is 0 Å². The Balaban J connectivity index is 2.06. The zero-order valence-electron chi connectivity index (χ0n) is 19.6. The number of hydrogen-bond donors (Lipinski definition) is 2. The molecule has 3 amide bonds. The van der Waals surface area contributed by atoms with Crippen molar-refractivity contribution < 1.29 is 18.0 Å². The Morgan fingerprint density at radius 3 is 1.97 bits per heavy atom. The number of nitrogens with zero attached hydrogens (tertiary/aromatic N) is 1. The van der Waals surface area contributed by atoms with Crippen LogP contribution in [0.3, 0.4) is 0 Å². The predicted octanol–water partition coefficient (Wildman–Crippen LogP) is 4.42. The SMILES string of the molecule is CC(C)CC(=O)N1CCC(S(=O)(=O)NC(=O)Nc2c(C(C)C)cccc2C(C)C)CC1. The molecule has 2 rings (SSSR count).